The summed E-state index contributed by atoms with van der Waals surface area (Å²) in [7, 11) is 0. The number of hydrogen-bond donors (Lipinski definition) is 1. The smallest absolute Gasteiger partial charge is 0.208 e. The van der Waals surface area contributed by atoms with Gasteiger partial charge in [-0.15, -0.1) is 0 Å². The average Bonchev–Trinajstić information content (AvgIpc) is 2.87. The predicted molar refractivity (Wildman–Crippen MR) is 66.7 cm³/mol. The Kier molecular flexibility index (Phi) is 2.95. The normalized spacial score (nSPS) is 31.6. The standard InChI is InChI=1S/C14H22N2O/c1-9(2)15-8-13-16-7-12(17-13)14-10-5-3-4-6-11(10)14/h7,9-11,14-15H,3-6,8H2,1-2H3. The van der Waals surface area contributed by atoms with Crippen LogP contribution in [0.15, 0.2) is 10.6 Å². The molecule has 2 fully saturated rings. The number of nitrogens with one attached hydrogen (secondary N) is 1. The highest BCUT2D eigenvalue weighted by atomic mass is 16.4. The molecule has 2 atom stereocenters. The van der Waals surface area contributed by atoms with Gasteiger partial charge in [0.1, 0.15) is 5.76 Å². The highest BCUT2D eigenvalue weighted by molar-refractivity contribution is 5.18. The zero-order valence-corrected chi connectivity index (χ0v) is 10.8. The molecule has 94 valence electrons. The second-order valence-corrected chi connectivity index (χ2v) is 5.83. The van der Waals surface area contributed by atoms with Crippen molar-refractivity contribution < 1.29 is 4.42 Å². The van der Waals surface area contributed by atoms with Crippen molar-refractivity contribution in [2.24, 2.45) is 11.8 Å². The van der Waals surface area contributed by atoms with Gasteiger partial charge in [-0.25, -0.2) is 4.98 Å². The van der Waals surface area contributed by atoms with Gasteiger partial charge >= 0.3 is 0 Å². The van der Waals surface area contributed by atoms with Gasteiger partial charge in [0.15, 0.2) is 0 Å². The molecule has 0 saturated heterocycles. The van der Waals surface area contributed by atoms with Gasteiger partial charge in [-0.3, -0.25) is 0 Å². The first-order valence-electron chi connectivity index (χ1n) is 6.93. The van der Waals surface area contributed by atoms with E-state index in [2.05, 4.69) is 24.1 Å². The van der Waals surface area contributed by atoms with Crippen LogP contribution in [-0.4, -0.2) is 11.0 Å². The van der Waals surface area contributed by atoms with Crippen molar-refractivity contribution in [3.63, 3.8) is 0 Å². The molecular weight excluding hydrogens is 212 g/mol. The van der Waals surface area contributed by atoms with Crippen molar-refractivity contribution in [1.29, 1.82) is 0 Å². The SMILES string of the molecule is CC(C)NCc1ncc(C2C3CCCCC32)o1. The first-order chi connectivity index (χ1) is 8.25. The molecule has 1 aromatic rings. The quantitative estimate of drug-likeness (QED) is 0.870. The summed E-state index contributed by atoms with van der Waals surface area (Å²) in [5, 5.41) is 3.34. The van der Waals surface area contributed by atoms with E-state index in [0.717, 1.165) is 30.0 Å². The molecular formula is C14H22N2O. The number of hydrogen-bond acceptors (Lipinski definition) is 3. The molecule has 1 aromatic heterocycles. The lowest BCUT2D eigenvalue weighted by Gasteiger charge is -2.04. The van der Waals surface area contributed by atoms with Crippen LogP contribution in [0.5, 0.6) is 0 Å². The first kappa shape index (κ1) is 11.3. The van der Waals surface area contributed by atoms with E-state index < -0.39 is 0 Å². The van der Waals surface area contributed by atoms with E-state index in [-0.39, 0.29) is 0 Å². The van der Waals surface area contributed by atoms with Crippen LogP contribution >= 0.6 is 0 Å². The number of aromatic nitrogens is 1. The van der Waals surface area contributed by atoms with Crippen LogP contribution < -0.4 is 5.32 Å². The minimum atomic E-state index is 0.480. The number of rotatable bonds is 4. The molecule has 1 N–H and O–H groups in total. The van der Waals surface area contributed by atoms with Crippen LogP contribution in [0.3, 0.4) is 0 Å². The van der Waals surface area contributed by atoms with Gasteiger partial charge in [0, 0.05) is 12.0 Å². The van der Waals surface area contributed by atoms with E-state index in [1.807, 2.05) is 6.20 Å². The van der Waals surface area contributed by atoms with Gasteiger partial charge in [0.05, 0.1) is 12.7 Å². The molecule has 2 aliphatic rings. The molecule has 2 aliphatic carbocycles. The number of fused-ring (bicyclic) bond motifs is 1. The molecule has 0 bridgehead atoms. The third-order valence-corrected chi connectivity index (χ3v) is 4.22. The molecule has 0 aliphatic heterocycles. The second-order valence-electron chi connectivity index (χ2n) is 5.83. The zero-order valence-electron chi connectivity index (χ0n) is 10.8. The largest absolute Gasteiger partial charge is 0.444 e. The summed E-state index contributed by atoms with van der Waals surface area (Å²) >= 11 is 0. The fourth-order valence-corrected chi connectivity index (χ4v) is 3.27. The number of oxazole rings is 1. The van der Waals surface area contributed by atoms with Gasteiger partial charge < -0.3 is 9.73 Å². The Bertz CT molecular complexity index is 373. The maximum absolute atomic E-state index is 5.88. The Morgan fingerprint density at radius 3 is 2.71 bits per heavy atom. The highest BCUT2D eigenvalue weighted by Gasteiger charge is 2.53. The minimum absolute atomic E-state index is 0.480. The second kappa shape index (κ2) is 4.45. The average molecular weight is 234 g/mol. The molecule has 3 heteroatoms. The zero-order chi connectivity index (χ0) is 11.8. The maximum atomic E-state index is 5.88. The fourth-order valence-electron chi connectivity index (χ4n) is 3.27. The highest BCUT2D eigenvalue weighted by Crippen LogP contribution is 2.61. The molecule has 2 unspecified atom stereocenters. The summed E-state index contributed by atoms with van der Waals surface area (Å²) < 4.78 is 5.88. The van der Waals surface area contributed by atoms with E-state index in [4.69, 9.17) is 4.42 Å². The van der Waals surface area contributed by atoms with E-state index in [0.29, 0.717) is 12.0 Å². The summed E-state index contributed by atoms with van der Waals surface area (Å²) in [5.74, 6) is 4.49. The third-order valence-electron chi connectivity index (χ3n) is 4.22. The lowest BCUT2D eigenvalue weighted by molar-refractivity contribution is 0.419. The van der Waals surface area contributed by atoms with Gasteiger partial charge in [-0.2, -0.15) is 0 Å². The first-order valence-corrected chi connectivity index (χ1v) is 6.93. The summed E-state index contributed by atoms with van der Waals surface area (Å²) in [6, 6.07) is 0.480. The van der Waals surface area contributed by atoms with Crippen LogP contribution in [0, 0.1) is 11.8 Å². The molecule has 17 heavy (non-hydrogen) atoms. The van der Waals surface area contributed by atoms with Gasteiger partial charge in [-0.1, -0.05) is 26.7 Å². The summed E-state index contributed by atoms with van der Waals surface area (Å²) in [6.45, 7) is 5.03. The molecule has 3 rings (SSSR count). The van der Waals surface area contributed by atoms with Gasteiger partial charge in [0.2, 0.25) is 5.89 Å². The van der Waals surface area contributed by atoms with E-state index >= 15 is 0 Å². The molecule has 0 spiro atoms. The van der Waals surface area contributed by atoms with Crippen LogP contribution in [0.1, 0.15) is 57.1 Å². The fraction of sp³-hybridized carbons (Fsp3) is 0.786. The van der Waals surface area contributed by atoms with Crippen LogP contribution in [-0.2, 0) is 6.54 Å². The van der Waals surface area contributed by atoms with Crippen molar-refractivity contribution in [1.82, 2.24) is 10.3 Å². The third kappa shape index (κ3) is 2.25. The minimum Gasteiger partial charge on any atom is -0.444 e. The summed E-state index contributed by atoms with van der Waals surface area (Å²) in [4.78, 5) is 4.38. The Morgan fingerprint density at radius 2 is 2.06 bits per heavy atom. The van der Waals surface area contributed by atoms with Crippen LogP contribution in [0.25, 0.3) is 0 Å². The molecule has 0 aromatic carbocycles. The van der Waals surface area contributed by atoms with Gasteiger partial charge in [0.25, 0.3) is 0 Å². The Balaban J connectivity index is 1.61. The summed E-state index contributed by atoms with van der Waals surface area (Å²) in [5.41, 5.74) is 0. The lowest BCUT2D eigenvalue weighted by atomic mass is 10.0. The van der Waals surface area contributed by atoms with Crippen molar-refractivity contribution in [2.75, 3.05) is 0 Å². The molecule has 0 radical (unpaired) electrons. The molecule has 0 amide bonds. The Labute approximate surface area is 103 Å². The number of nitrogens with zero attached hydrogens (tertiary/aromatic N) is 1. The molecule has 1 heterocycles. The Hall–Kier alpha value is -0.830. The topological polar surface area (TPSA) is 38.1 Å². The molecule has 3 nitrogen and oxygen atoms in total. The monoisotopic (exact) mass is 234 g/mol. The van der Waals surface area contributed by atoms with E-state index in [1.165, 1.54) is 25.7 Å². The lowest BCUT2D eigenvalue weighted by Crippen LogP contribution is -2.21. The van der Waals surface area contributed by atoms with Crippen molar-refractivity contribution >= 4 is 0 Å². The van der Waals surface area contributed by atoms with Crippen molar-refractivity contribution in [2.45, 2.75) is 58.0 Å². The Morgan fingerprint density at radius 1 is 1.35 bits per heavy atom. The predicted octanol–water partition coefficient (Wildman–Crippen LogP) is 3.08. The van der Waals surface area contributed by atoms with Crippen LogP contribution in [0.2, 0.25) is 0 Å². The summed E-state index contributed by atoms with van der Waals surface area (Å²) in [6.07, 6.45) is 7.58. The van der Waals surface area contributed by atoms with Crippen molar-refractivity contribution in [3.8, 4) is 0 Å². The van der Waals surface area contributed by atoms with Gasteiger partial charge in [-0.05, 0) is 24.7 Å². The van der Waals surface area contributed by atoms with Crippen molar-refractivity contribution in [3.05, 3.63) is 17.8 Å². The van der Waals surface area contributed by atoms with E-state index in [1.54, 1.807) is 0 Å². The molecule has 2 saturated carbocycles. The maximum Gasteiger partial charge on any atom is 0.208 e. The van der Waals surface area contributed by atoms with E-state index in [9.17, 15) is 0 Å². The van der Waals surface area contributed by atoms with Crippen LogP contribution in [0.4, 0.5) is 0 Å².